The quantitative estimate of drug-likeness (QED) is 0.520. The maximum absolute atomic E-state index is 14.2. The average Bonchev–Trinajstić information content (AvgIpc) is 3.28. The first-order valence-electron chi connectivity index (χ1n) is 14.4. The van der Waals surface area contributed by atoms with Crippen LogP contribution in [0.1, 0.15) is 71.8 Å². The van der Waals surface area contributed by atoms with Crippen molar-refractivity contribution in [2.75, 3.05) is 6.61 Å². The number of rotatable bonds is 5. The van der Waals surface area contributed by atoms with E-state index in [4.69, 9.17) is 13.7 Å². The van der Waals surface area contributed by atoms with Gasteiger partial charge in [-0.15, -0.1) is 0 Å². The number of hydrogen-bond donors (Lipinski definition) is 1. The van der Waals surface area contributed by atoms with Gasteiger partial charge in [-0.2, -0.15) is 8.42 Å². The van der Waals surface area contributed by atoms with Gasteiger partial charge in [0.15, 0.2) is 23.0 Å². The Hall–Kier alpha value is -1.91. The van der Waals surface area contributed by atoms with E-state index < -0.39 is 51.5 Å². The highest BCUT2D eigenvalue weighted by molar-refractivity contribution is 7.86. The zero-order chi connectivity index (χ0) is 28.9. The molecule has 4 fully saturated rings. The molecule has 1 aromatic rings. The van der Waals surface area contributed by atoms with Crippen molar-refractivity contribution in [3.63, 3.8) is 0 Å². The van der Waals surface area contributed by atoms with Crippen LogP contribution in [0.3, 0.4) is 0 Å². The molecule has 1 aliphatic heterocycles. The van der Waals surface area contributed by atoms with Gasteiger partial charge in [-0.1, -0.05) is 37.1 Å². The van der Waals surface area contributed by atoms with E-state index in [-0.39, 0.29) is 33.8 Å². The lowest BCUT2D eigenvalue weighted by Gasteiger charge is -2.60. The first-order valence-corrected chi connectivity index (χ1v) is 15.8. The lowest BCUT2D eigenvalue weighted by Crippen LogP contribution is -2.64. The van der Waals surface area contributed by atoms with Crippen molar-refractivity contribution in [1.29, 1.82) is 0 Å². The number of fused-ring (bicyclic) bond motifs is 7. The Morgan fingerprint density at radius 3 is 2.52 bits per heavy atom. The van der Waals surface area contributed by atoms with Gasteiger partial charge in [0.2, 0.25) is 0 Å². The lowest BCUT2D eigenvalue weighted by molar-refractivity contribution is -0.227. The van der Waals surface area contributed by atoms with Gasteiger partial charge in [0.25, 0.3) is 10.1 Å². The van der Waals surface area contributed by atoms with Crippen LogP contribution in [-0.2, 0) is 33.4 Å². The minimum atomic E-state index is -4.17. The molecular weight excluding hydrogens is 532 g/mol. The van der Waals surface area contributed by atoms with E-state index in [9.17, 15) is 23.1 Å². The molecule has 1 aromatic carbocycles. The van der Waals surface area contributed by atoms with Crippen LogP contribution in [0, 0.1) is 35.5 Å². The third-order valence-corrected chi connectivity index (χ3v) is 12.2. The smallest absolute Gasteiger partial charge is 0.297 e. The summed E-state index contributed by atoms with van der Waals surface area (Å²) >= 11 is 0. The summed E-state index contributed by atoms with van der Waals surface area (Å²) in [6.07, 6.45) is 4.22. The molecule has 8 nitrogen and oxygen atoms in total. The zero-order valence-electron chi connectivity index (χ0n) is 23.9. The SMILES string of the molecule is Cc1ccc(S(=O)(=O)OCC(=O)[C@@]23OC(C)(C)O[C@@H]2C[C@H]2[C@@H]4CCC5=CC(=O)CC[C@]5(C)[C@H]4[C@@H](O)C[C@@]23C)cc1. The predicted molar refractivity (Wildman–Crippen MR) is 146 cm³/mol. The standard InChI is InChI=1S/C31H40O8S/c1-18-6-9-21(10-7-18)40(35,36)37-17-25(34)31-26(38-28(2,3)39-31)15-23-22-11-8-19-14-20(32)12-13-29(19,4)27(22)24(33)16-30(23,31)5/h6-7,9-10,14,22-24,26-27,33H,8,11-13,15-17H2,1-5H3/t22-,23-,24-,26+,27+,29-,30-,31+/m0/s1. The molecule has 3 saturated carbocycles. The summed E-state index contributed by atoms with van der Waals surface area (Å²) in [5.74, 6) is -1.26. The van der Waals surface area contributed by atoms with Crippen molar-refractivity contribution in [1.82, 2.24) is 0 Å². The number of ketones is 2. The summed E-state index contributed by atoms with van der Waals surface area (Å²) in [5.41, 5.74) is -0.454. The van der Waals surface area contributed by atoms with Gasteiger partial charge < -0.3 is 14.6 Å². The summed E-state index contributed by atoms with van der Waals surface area (Å²) in [6.45, 7) is 8.91. The van der Waals surface area contributed by atoms with Crippen LogP contribution in [0.2, 0.25) is 0 Å². The minimum Gasteiger partial charge on any atom is -0.393 e. The number of benzene rings is 1. The van der Waals surface area contributed by atoms with Crippen LogP contribution < -0.4 is 0 Å². The maximum Gasteiger partial charge on any atom is 0.297 e. The zero-order valence-corrected chi connectivity index (χ0v) is 24.8. The Kier molecular flexibility index (Phi) is 6.38. The third-order valence-electron chi connectivity index (χ3n) is 11.0. The van der Waals surface area contributed by atoms with Crippen LogP contribution in [-0.4, -0.2) is 55.3 Å². The van der Waals surface area contributed by atoms with Gasteiger partial charge in [-0.05, 0) is 94.3 Å². The van der Waals surface area contributed by atoms with Gasteiger partial charge in [0.1, 0.15) is 6.61 Å². The van der Waals surface area contributed by atoms with Crippen molar-refractivity contribution >= 4 is 21.7 Å². The number of Topliss-reactive ketones (excluding diaryl/α,β-unsaturated/α-hetero) is 1. The van der Waals surface area contributed by atoms with Crippen LogP contribution in [0.5, 0.6) is 0 Å². The number of aliphatic hydroxyl groups excluding tert-OH is 1. The van der Waals surface area contributed by atoms with Gasteiger partial charge in [0, 0.05) is 11.8 Å². The molecule has 6 rings (SSSR count). The monoisotopic (exact) mass is 572 g/mol. The molecule has 8 atom stereocenters. The molecule has 1 heterocycles. The predicted octanol–water partition coefficient (Wildman–Crippen LogP) is 4.27. The molecule has 1 N–H and O–H groups in total. The molecule has 40 heavy (non-hydrogen) atoms. The number of aliphatic hydroxyl groups is 1. The molecule has 4 aliphatic carbocycles. The molecule has 1 saturated heterocycles. The van der Waals surface area contributed by atoms with Gasteiger partial charge in [-0.3, -0.25) is 13.8 Å². The molecule has 0 radical (unpaired) electrons. The molecule has 0 spiro atoms. The van der Waals surface area contributed by atoms with E-state index in [0.717, 1.165) is 30.4 Å². The van der Waals surface area contributed by atoms with Crippen molar-refractivity contribution in [3.05, 3.63) is 41.5 Å². The highest BCUT2D eigenvalue weighted by atomic mass is 32.2. The Labute approximate surface area is 236 Å². The number of carbonyl (C=O) groups is 2. The number of aryl methyl sites for hydroxylation is 1. The highest BCUT2D eigenvalue weighted by Gasteiger charge is 2.77. The van der Waals surface area contributed by atoms with Gasteiger partial charge >= 0.3 is 0 Å². The molecule has 0 aromatic heterocycles. The maximum atomic E-state index is 14.2. The molecule has 9 heteroatoms. The molecule has 5 aliphatic rings. The fourth-order valence-corrected chi connectivity index (χ4v) is 10.2. The topological polar surface area (TPSA) is 116 Å². The van der Waals surface area contributed by atoms with Gasteiger partial charge in [-0.25, -0.2) is 0 Å². The van der Waals surface area contributed by atoms with Gasteiger partial charge in [0.05, 0.1) is 17.1 Å². The second kappa shape index (κ2) is 9.04. The Balaban J connectivity index is 1.33. The van der Waals surface area contributed by atoms with Crippen LogP contribution in [0.4, 0.5) is 0 Å². The van der Waals surface area contributed by atoms with Crippen molar-refractivity contribution in [2.45, 2.75) is 102 Å². The Morgan fingerprint density at radius 2 is 1.82 bits per heavy atom. The van der Waals surface area contributed by atoms with Crippen LogP contribution in [0.15, 0.2) is 40.8 Å². The largest absolute Gasteiger partial charge is 0.393 e. The van der Waals surface area contributed by atoms with E-state index in [2.05, 4.69) is 6.92 Å². The van der Waals surface area contributed by atoms with E-state index in [1.165, 1.54) is 12.1 Å². The molecule has 0 unspecified atom stereocenters. The summed E-state index contributed by atoms with van der Waals surface area (Å²) in [4.78, 5) is 26.4. The highest BCUT2D eigenvalue weighted by Crippen LogP contribution is 2.70. The van der Waals surface area contributed by atoms with Crippen LogP contribution in [0.25, 0.3) is 0 Å². The average molecular weight is 573 g/mol. The second-order valence-corrected chi connectivity index (χ2v) is 15.2. The van der Waals surface area contributed by atoms with E-state index >= 15 is 0 Å². The molecule has 0 bridgehead atoms. The van der Waals surface area contributed by atoms with E-state index in [0.29, 0.717) is 19.3 Å². The Morgan fingerprint density at radius 1 is 1.12 bits per heavy atom. The van der Waals surface area contributed by atoms with Crippen molar-refractivity contribution in [3.8, 4) is 0 Å². The minimum absolute atomic E-state index is 0.0133. The summed E-state index contributed by atoms with van der Waals surface area (Å²) < 4.78 is 44.2. The second-order valence-electron chi connectivity index (χ2n) is 13.6. The third kappa shape index (κ3) is 3.95. The number of carbonyl (C=O) groups excluding carboxylic acids is 2. The number of allylic oxidation sites excluding steroid dienone is 1. The summed E-state index contributed by atoms with van der Waals surface area (Å²) in [7, 11) is -4.17. The van der Waals surface area contributed by atoms with E-state index in [1.54, 1.807) is 32.1 Å². The molecule has 0 amide bonds. The van der Waals surface area contributed by atoms with Crippen molar-refractivity contribution in [2.24, 2.45) is 28.6 Å². The first kappa shape index (κ1) is 28.2. The lowest BCUT2D eigenvalue weighted by atomic mass is 9.45. The van der Waals surface area contributed by atoms with Crippen molar-refractivity contribution < 1.29 is 36.8 Å². The fourth-order valence-electron chi connectivity index (χ4n) is 9.29. The number of ether oxygens (including phenoxy) is 2. The summed E-state index contributed by atoms with van der Waals surface area (Å²) in [6, 6.07) is 6.28. The molecule has 218 valence electrons. The molecular formula is C31H40O8S. The number of hydrogen-bond acceptors (Lipinski definition) is 8. The Bertz CT molecular complexity index is 1380. The van der Waals surface area contributed by atoms with Crippen LogP contribution >= 0.6 is 0 Å². The summed E-state index contributed by atoms with van der Waals surface area (Å²) in [5, 5.41) is 11.8. The fraction of sp³-hybridized carbons (Fsp3) is 0.677. The normalized spacial score (nSPS) is 41.9. The van der Waals surface area contributed by atoms with E-state index in [1.807, 2.05) is 13.8 Å². The first-order chi connectivity index (χ1) is 18.6.